The first kappa shape index (κ1) is 9.69. The van der Waals surface area contributed by atoms with Crippen LogP contribution in [0.1, 0.15) is 53.4 Å². The van der Waals surface area contributed by atoms with Crippen molar-refractivity contribution in [3.8, 4) is 0 Å². The van der Waals surface area contributed by atoms with Crippen LogP contribution in [-0.2, 0) is 0 Å². The van der Waals surface area contributed by atoms with Crippen LogP contribution in [0.2, 0.25) is 0 Å². The van der Waals surface area contributed by atoms with Gasteiger partial charge in [-0.05, 0) is 31.6 Å². The highest BCUT2D eigenvalue weighted by Gasteiger charge is 2.35. The molecule has 0 bridgehead atoms. The van der Waals surface area contributed by atoms with Gasteiger partial charge in [0.05, 0.1) is 0 Å². The molecule has 12 heavy (non-hydrogen) atoms. The van der Waals surface area contributed by atoms with E-state index in [1.165, 1.54) is 19.3 Å². The number of nitrogens with zero attached hydrogens (tertiary/aromatic N) is 2. The molecule has 0 aromatic rings. The average molecular weight is 168 g/mol. The maximum Gasteiger partial charge on any atom is 0.188 e. The van der Waals surface area contributed by atoms with Crippen molar-refractivity contribution < 1.29 is 0 Å². The van der Waals surface area contributed by atoms with Crippen LogP contribution in [0, 0.1) is 5.41 Å². The highest BCUT2D eigenvalue weighted by atomic mass is 15.4. The van der Waals surface area contributed by atoms with Crippen LogP contribution in [0.15, 0.2) is 10.2 Å². The molecule has 0 radical (unpaired) electrons. The van der Waals surface area contributed by atoms with E-state index in [0.29, 0.717) is 5.41 Å². The molecule has 0 saturated heterocycles. The van der Waals surface area contributed by atoms with Crippen molar-refractivity contribution >= 4 is 0 Å². The summed E-state index contributed by atoms with van der Waals surface area (Å²) in [4.78, 5) is 0. The Morgan fingerprint density at radius 2 is 1.75 bits per heavy atom. The smallest absolute Gasteiger partial charge is 0.159 e. The highest BCUT2D eigenvalue weighted by molar-refractivity contribution is 4.89. The van der Waals surface area contributed by atoms with E-state index in [4.69, 9.17) is 0 Å². The maximum atomic E-state index is 4.02. The lowest BCUT2D eigenvalue weighted by Gasteiger charge is -2.24. The molecule has 0 N–H and O–H groups in total. The second-order valence-corrected chi connectivity index (χ2v) is 4.83. The van der Waals surface area contributed by atoms with E-state index < -0.39 is 0 Å². The first-order valence-corrected chi connectivity index (χ1v) is 4.91. The van der Waals surface area contributed by atoms with Gasteiger partial charge in [0.2, 0.25) is 0 Å². The fourth-order valence-electron chi connectivity index (χ4n) is 1.56. The van der Waals surface area contributed by atoms with Crippen LogP contribution < -0.4 is 0 Å². The van der Waals surface area contributed by atoms with Crippen molar-refractivity contribution in [1.82, 2.24) is 0 Å². The lowest BCUT2D eigenvalue weighted by molar-refractivity contribution is 0.281. The molecular formula is C10H20N2. The zero-order valence-electron chi connectivity index (χ0n) is 8.72. The maximum absolute atomic E-state index is 4.02. The van der Waals surface area contributed by atoms with Gasteiger partial charge >= 0.3 is 0 Å². The van der Waals surface area contributed by atoms with Gasteiger partial charge in [-0.1, -0.05) is 27.2 Å². The molecule has 70 valence electrons. The lowest BCUT2D eigenvalue weighted by Crippen LogP contribution is -2.15. The molecule has 0 fully saturated rings. The Bertz CT molecular complexity index is 176. The Labute approximate surface area is 75.5 Å². The van der Waals surface area contributed by atoms with Gasteiger partial charge in [-0.15, -0.1) is 0 Å². The molecule has 1 aliphatic heterocycles. The summed E-state index contributed by atoms with van der Waals surface area (Å²) in [5.41, 5.74) is 0.483. The summed E-state index contributed by atoms with van der Waals surface area (Å²) in [5, 5.41) is 8.04. The quantitative estimate of drug-likeness (QED) is 0.597. The predicted molar refractivity (Wildman–Crippen MR) is 51.2 cm³/mol. The number of hydrogen-bond donors (Lipinski definition) is 0. The summed E-state index contributed by atoms with van der Waals surface area (Å²) in [6.07, 6.45) is 4.95. The summed E-state index contributed by atoms with van der Waals surface area (Å²) in [6, 6.07) is 0. The van der Waals surface area contributed by atoms with E-state index in [2.05, 4.69) is 37.9 Å². The van der Waals surface area contributed by atoms with E-state index in [0.717, 1.165) is 6.42 Å². The van der Waals surface area contributed by atoms with Gasteiger partial charge in [0.15, 0.2) is 5.66 Å². The van der Waals surface area contributed by atoms with Gasteiger partial charge in [0, 0.05) is 0 Å². The minimum atomic E-state index is 0.00497. The van der Waals surface area contributed by atoms with Gasteiger partial charge < -0.3 is 0 Å². The second-order valence-electron chi connectivity index (χ2n) is 4.83. The minimum Gasteiger partial charge on any atom is -0.159 e. The molecule has 0 aromatic carbocycles. The third-order valence-electron chi connectivity index (χ3n) is 2.64. The first-order chi connectivity index (χ1) is 5.47. The SMILES string of the molecule is CCCC(C)(C)CCC1(C)N=N1. The third-order valence-corrected chi connectivity index (χ3v) is 2.64. The van der Waals surface area contributed by atoms with Crippen molar-refractivity contribution in [2.75, 3.05) is 0 Å². The molecular weight excluding hydrogens is 148 g/mol. The van der Waals surface area contributed by atoms with Crippen LogP contribution >= 0.6 is 0 Å². The molecule has 0 saturated carbocycles. The molecule has 0 aliphatic carbocycles. The lowest BCUT2D eigenvalue weighted by atomic mass is 9.82. The molecule has 0 aromatic heterocycles. The van der Waals surface area contributed by atoms with Gasteiger partial charge in [-0.3, -0.25) is 0 Å². The van der Waals surface area contributed by atoms with Crippen LogP contribution in [0.5, 0.6) is 0 Å². The summed E-state index contributed by atoms with van der Waals surface area (Å²) < 4.78 is 0. The molecule has 2 heteroatoms. The Kier molecular flexibility index (Phi) is 2.55. The molecule has 0 atom stereocenters. The predicted octanol–water partition coefficient (Wildman–Crippen LogP) is 3.77. The Balaban J connectivity index is 2.20. The summed E-state index contributed by atoms with van der Waals surface area (Å²) >= 11 is 0. The van der Waals surface area contributed by atoms with Gasteiger partial charge in [-0.2, -0.15) is 10.2 Å². The van der Waals surface area contributed by atoms with Crippen molar-refractivity contribution in [2.24, 2.45) is 15.6 Å². The molecule has 0 amide bonds. The van der Waals surface area contributed by atoms with Crippen molar-refractivity contribution in [1.29, 1.82) is 0 Å². The largest absolute Gasteiger partial charge is 0.188 e. The van der Waals surface area contributed by atoms with E-state index in [-0.39, 0.29) is 5.66 Å². The Morgan fingerprint density at radius 1 is 1.17 bits per heavy atom. The minimum absolute atomic E-state index is 0.00497. The van der Waals surface area contributed by atoms with Gasteiger partial charge in [0.1, 0.15) is 0 Å². The molecule has 0 spiro atoms. The highest BCUT2D eigenvalue weighted by Crippen LogP contribution is 2.38. The molecule has 1 rings (SSSR count). The normalized spacial score (nSPS) is 19.7. The second kappa shape index (κ2) is 3.15. The standard InChI is InChI=1S/C10H20N2/c1-5-6-9(2,3)7-8-10(4)11-12-10/h5-8H2,1-4H3. The van der Waals surface area contributed by atoms with E-state index in [9.17, 15) is 0 Å². The van der Waals surface area contributed by atoms with Crippen molar-refractivity contribution in [3.05, 3.63) is 0 Å². The Morgan fingerprint density at radius 3 is 2.17 bits per heavy atom. The number of hydrogen-bond acceptors (Lipinski definition) is 2. The van der Waals surface area contributed by atoms with Gasteiger partial charge in [-0.25, -0.2) is 0 Å². The van der Waals surface area contributed by atoms with Crippen LogP contribution in [0.25, 0.3) is 0 Å². The van der Waals surface area contributed by atoms with E-state index in [1.807, 2.05) is 0 Å². The van der Waals surface area contributed by atoms with Gasteiger partial charge in [0.25, 0.3) is 0 Å². The third kappa shape index (κ3) is 2.92. The average Bonchev–Trinajstić information content (AvgIpc) is 2.66. The Hall–Kier alpha value is -0.400. The molecule has 1 aliphatic rings. The monoisotopic (exact) mass is 168 g/mol. The van der Waals surface area contributed by atoms with E-state index in [1.54, 1.807) is 0 Å². The van der Waals surface area contributed by atoms with Crippen LogP contribution in [-0.4, -0.2) is 5.66 Å². The molecule has 2 nitrogen and oxygen atoms in total. The van der Waals surface area contributed by atoms with Crippen molar-refractivity contribution in [3.63, 3.8) is 0 Å². The molecule has 0 unspecified atom stereocenters. The number of rotatable bonds is 5. The zero-order chi connectivity index (χ0) is 9.24. The van der Waals surface area contributed by atoms with Crippen LogP contribution in [0.4, 0.5) is 0 Å². The fraction of sp³-hybridized carbons (Fsp3) is 1.00. The van der Waals surface area contributed by atoms with Crippen molar-refractivity contribution in [2.45, 2.75) is 59.0 Å². The summed E-state index contributed by atoms with van der Waals surface area (Å²) in [6.45, 7) is 9.02. The van der Waals surface area contributed by atoms with Crippen LogP contribution in [0.3, 0.4) is 0 Å². The fourth-order valence-corrected chi connectivity index (χ4v) is 1.56. The van der Waals surface area contributed by atoms with E-state index >= 15 is 0 Å². The topological polar surface area (TPSA) is 24.7 Å². The first-order valence-electron chi connectivity index (χ1n) is 4.91. The molecule has 1 heterocycles. The summed E-state index contributed by atoms with van der Waals surface area (Å²) in [5.74, 6) is 0. The summed E-state index contributed by atoms with van der Waals surface area (Å²) in [7, 11) is 0. The zero-order valence-corrected chi connectivity index (χ0v) is 8.72.